The van der Waals surface area contributed by atoms with Gasteiger partial charge in [0.2, 0.25) is 0 Å². The van der Waals surface area contributed by atoms with E-state index in [-0.39, 0.29) is 11.9 Å². The molecular weight excluding hydrogens is 522 g/mol. The van der Waals surface area contributed by atoms with Crippen molar-refractivity contribution in [1.82, 2.24) is 10.2 Å². The number of carbonyl (C=O) groups excluding carboxylic acids is 2. The third kappa shape index (κ3) is 4.25. The first-order valence-corrected chi connectivity index (χ1v) is 9.21. The maximum Gasteiger partial charge on any atom is 0.329 e. The molecule has 1 N–H and O–H groups in total. The average molecular weight is 538 g/mol. The quantitative estimate of drug-likeness (QED) is 0.260. The fourth-order valence-electron chi connectivity index (χ4n) is 2.11. The summed E-state index contributed by atoms with van der Waals surface area (Å²) < 4.78 is 7.50. The van der Waals surface area contributed by atoms with Gasteiger partial charge in [0.25, 0.3) is 5.91 Å². The van der Waals surface area contributed by atoms with Gasteiger partial charge in [0, 0.05) is 6.54 Å². The van der Waals surface area contributed by atoms with Crippen LogP contribution in [0.15, 0.2) is 30.5 Å². The fraction of sp³-hybridized carbons (Fsp3) is 0.250. The molecule has 0 atom stereocenters. The van der Waals surface area contributed by atoms with Crippen molar-refractivity contribution in [3.63, 3.8) is 0 Å². The number of hydrogen-bond acceptors (Lipinski definition) is 3. The highest BCUT2D eigenvalue weighted by atomic mass is 127. The average Bonchev–Trinajstić information content (AvgIpc) is 2.74. The van der Waals surface area contributed by atoms with Crippen LogP contribution >= 0.6 is 45.2 Å². The van der Waals surface area contributed by atoms with E-state index in [4.69, 9.17) is 4.74 Å². The molecule has 23 heavy (non-hydrogen) atoms. The third-order valence-electron chi connectivity index (χ3n) is 3.09. The maximum atomic E-state index is 12.2. The lowest BCUT2D eigenvalue weighted by Gasteiger charge is -2.10. The second-order valence-electron chi connectivity index (χ2n) is 4.86. The minimum atomic E-state index is -0.363. The summed E-state index contributed by atoms with van der Waals surface area (Å²) in [6.07, 6.45) is 4.12. The molecule has 1 heterocycles. The molecule has 0 bridgehead atoms. The highest BCUT2D eigenvalue weighted by Gasteiger charge is 2.32. The number of urea groups is 1. The van der Waals surface area contributed by atoms with Crippen molar-refractivity contribution in [1.29, 1.82) is 0 Å². The second kappa shape index (κ2) is 8.13. The van der Waals surface area contributed by atoms with Gasteiger partial charge in [-0.25, -0.2) is 4.79 Å². The van der Waals surface area contributed by atoms with E-state index in [0.29, 0.717) is 18.8 Å². The van der Waals surface area contributed by atoms with Crippen LogP contribution in [0, 0.1) is 7.14 Å². The summed E-state index contributed by atoms with van der Waals surface area (Å²) in [5.41, 5.74) is 1.14. The number of halogens is 2. The summed E-state index contributed by atoms with van der Waals surface area (Å²) in [7, 11) is 0. The van der Waals surface area contributed by atoms with Crippen molar-refractivity contribution in [3.05, 3.63) is 43.2 Å². The minimum absolute atomic E-state index is 0.283. The van der Waals surface area contributed by atoms with Crippen molar-refractivity contribution in [2.75, 3.05) is 13.2 Å². The first-order valence-electron chi connectivity index (χ1n) is 7.05. The van der Waals surface area contributed by atoms with Crippen LogP contribution in [0.4, 0.5) is 4.79 Å². The van der Waals surface area contributed by atoms with E-state index in [9.17, 15) is 9.59 Å². The number of amides is 3. The van der Waals surface area contributed by atoms with Gasteiger partial charge >= 0.3 is 6.03 Å². The zero-order valence-electron chi connectivity index (χ0n) is 12.6. The van der Waals surface area contributed by atoms with Gasteiger partial charge in [-0.2, -0.15) is 0 Å². The summed E-state index contributed by atoms with van der Waals surface area (Å²) in [6, 6.07) is 3.46. The molecule has 1 aliphatic rings. The SMILES string of the molecule is C=CCOc1c(I)cc(/C=C2/NC(=O)N(CCC)C2=O)cc1I. The molecule has 1 saturated heterocycles. The summed E-state index contributed by atoms with van der Waals surface area (Å²) in [5, 5.41) is 2.62. The zero-order valence-corrected chi connectivity index (χ0v) is 16.9. The van der Waals surface area contributed by atoms with Crippen LogP contribution in [0.2, 0.25) is 0 Å². The largest absolute Gasteiger partial charge is 0.487 e. The van der Waals surface area contributed by atoms with Gasteiger partial charge in [-0.15, -0.1) is 0 Å². The number of nitrogens with one attached hydrogen (secondary N) is 1. The third-order valence-corrected chi connectivity index (χ3v) is 4.69. The summed E-state index contributed by atoms with van der Waals surface area (Å²) in [5.74, 6) is 0.511. The minimum Gasteiger partial charge on any atom is -0.487 e. The lowest BCUT2D eigenvalue weighted by Crippen LogP contribution is -2.31. The van der Waals surface area contributed by atoms with Crippen molar-refractivity contribution < 1.29 is 14.3 Å². The summed E-state index contributed by atoms with van der Waals surface area (Å²) >= 11 is 4.38. The van der Waals surface area contributed by atoms with Crippen LogP contribution in [0.25, 0.3) is 6.08 Å². The molecule has 1 aromatic carbocycles. The molecule has 0 unspecified atom stereocenters. The number of nitrogens with zero attached hydrogens (tertiary/aromatic N) is 1. The van der Waals surface area contributed by atoms with E-state index >= 15 is 0 Å². The molecule has 2 rings (SSSR count). The van der Waals surface area contributed by atoms with Gasteiger partial charge in [0.05, 0.1) is 7.14 Å². The molecular formula is C16H16I2N2O3. The van der Waals surface area contributed by atoms with Gasteiger partial charge in [0.15, 0.2) is 0 Å². The van der Waals surface area contributed by atoms with Crippen molar-refractivity contribution in [2.45, 2.75) is 13.3 Å². The van der Waals surface area contributed by atoms with Crippen LogP contribution < -0.4 is 10.1 Å². The molecule has 0 aromatic heterocycles. The molecule has 122 valence electrons. The van der Waals surface area contributed by atoms with E-state index < -0.39 is 0 Å². The molecule has 0 spiro atoms. The second-order valence-corrected chi connectivity index (χ2v) is 7.18. The predicted molar refractivity (Wildman–Crippen MR) is 106 cm³/mol. The van der Waals surface area contributed by atoms with Crippen LogP contribution in [-0.4, -0.2) is 30.0 Å². The normalized spacial score (nSPS) is 16.0. The number of rotatable bonds is 6. The number of ether oxygens (including phenoxy) is 1. The van der Waals surface area contributed by atoms with Crippen molar-refractivity contribution >= 4 is 63.2 Å². The van der Waals surface area contributed by atoms with Crippen LogP contribution in [-0.2, 0) is 4.79 Å². The van der Waals surface area contributed by atoms with E-state index in [1.807, 2.05) is 19.1 Å². The van der Waals surface area contributed by atoms with Gasteiger partial charge in [-0.1, -0.05) is 19.6 Å². The first-order chi connectivity index (χ1) is 11.0. The summed E-state index contributed by atoms with van der Waals surface area (Å²) in [6.45, 7) is 6.42. The number of carbonyl (C=O) groups is 2. The van der Waals surface area contributed by atoms with Crippen molar-refractivity contribution in [2.24, 2.45) is 0 Å². The van der Waals surface area contributed by atoms with E-state index in [1.54, 1.807) is 12.2 Å². The van der Waals surface area contributed by atoms with E-state index in [0.717, 1.165) is 24.9 Å². The molecule has 7 heteroatoms. The Morgan fingerprint density at radius 2 is 1.96 bits per heavy atom. The number of imide groups is 1. The molecule has 1 aromatic rings. The highest BCUT2D eigenvalue weighted by Crippen LogP contribution is 2.30. The lowest BCUT2D eigenvalue weighted by molar-refractivity contribution is -0.122. The van der Waals surface area contributed by atoms with Gasteiger partial charge in [0.1, 0.15) is 18.1 Å². The van der Waals surface area contributed by atoms with E-state index in [2.05, 4.69) is 57.1 Å². The fourth-order valence-corrected chi connectivity index (χ4v) is 4.24. The van der Waals surface area contributed by atoms with Gasteiger partial charge in [-0.3, -0.25) is 9.69 Å². The smallest absolute Gasteiger partial charge is 0.329 e. The van der Waals surface area contributed by atoms with E-state index in [1.165, 1.54) is 4.90 Å². The Balaban J connectivity index is 2.28. The van der Waals surface area contributed by atoms with Gasteiger partial charge in [-0.05, 0) is 75.4 Å². The number of hydrogen-bond donors (Lipinski definition) is 1. The van der Waals surface area contributed by atoms with Crippen LogP contribution in [0.3, 0.4) is 0 Å². The Morgan fingerprint density at radius 1 is 1.30 bits per heavy atom. The number of benzene rings is 1. The van der Waals surface area contributed by atoms with Crippen molar-refractivity contribution in [3.8, 4) is 5.75 Å². The van der Waals surface area contributed by atoms with Gasteiger partial charge < -0.3 is 10.1 Å². The Bertz CT molecular complexity index is 663. The Labute approximate surface area is 162 Å². The molecule has 1 fully saturated rings. The molecule has 0 aliphatic carbocycles. The molecule has 1 aliphatic heterocycles. The summed E-state index contributed by atoms with van der Waals surface area (Å²) in [4.78, 5) is 25.3. The Morgan fingerprint density at radius 3 is 2.52 bits per heavy atom. The maximum absolute atomic E-state index is 12.2. The Hall–Kier alpha value is -1.10. The molecule has 0 radical (unpaired) electrons. The zero-order chi connectivity index (χ0) is 17.0. The molecule has 5 nitrogen and oxygen atoms in total. The molecule has 3 amide bonds. The lowest BCUT2D eigenvalue weighted by atomic mass is 10.2. The first kappa shape index (κ1) is 18.2. The Kier molecular flexibility index (Phi) is 6.45. The molecule has 0 saturated carbocycles. The van der Waals surface area contributed by atoms with Crippen LogP contribution in [0.1, 0.15) is 18.9 Å². The van der Waals surface area contributed by atoms with Crippen LogP contribution in [0.5, 0.6) is 5.75 Å². The predicted octanol–water partition coefficient (Wildman–Crippen LogP) is 3.76. The topological polar surface area (TPSA) is 58.6 Å². The highest BCUT2D eigenvalue weighted by molar-refractivity contribution is 14.1. The monoisotopic (exact) mass is 538 g/mol. The standard InChI is InChI=1S/C16H16I2N2O3/c1-3-5-20-15(21)13(19-16(20)22)9-10-7-11(17)14(12(18)8-10)23-6-4-2/h4,7-9H,2-3,5-6H2,1H3,(H,19,22)/b13-9+.